The van der Waals surface area contributed by atoms with Crippen molar-refractivity contribution in [3.05, 3.63) is 0 Å². The summed E-state index contributed by atoms with van der Waals surface area (Å²) in [6, 6.07) is 0. The molecule has 3 nitrogen and oxygen atoms in total. The van der Waals surface area contributed by atoms with Crippen molar-refractivity contribution in [2.75, 3.05) is 6.26 Å². The Bertz CT molecular complexity index is 162. The third-order valence-electron chi connectivity index (χ3n) is 0. The molecule has 0 aromatic heterocycles. The topological polar surface area (TPSA) is 51.2 Å². The Kier molecular flexibility index (Phi) is 7.86. The molecule has 0 saturated carbocycles. The van der Waals surface area contributed by atoms with Gasteiger partial charge < -0.3 is 0 Å². The average Bonchev–Trinajstić information content (AvgIpc) is 1.19. The molecule has 9 heavy (non-hydrogen) atoms. The lowest BCUT2D eigenvalue weighted by Gasteiger charge is -1.65. The molecule has 56 valence electrons. The van der Waals surface area contributed by atoms with Gasteiger partial charge >= 0.3 is 0 Å². The van der Waals surface area contributed by atoms with Gasteiger partial charge in [0, 0.05) is 42.5 Å². The summed E-state index contributed by atoms with van der Waals surface area (Å²) in [5, 5.41) is 0. The van der Waals surface area contributed by atoms with Gasteiger partial charge in [0.05, 0.1) is 6.26 Å². The van der Waals surface area contributed by atoms with Gasteiger partial charge in [0.15, 0.2) is 0 Å². The zero-order valence-electron chi connectivity index (χ0n) is 4.27. The summed E-state index contributed by atoms with van der Waals surface area (Å²) >= 11 is 5.10. The molecule has 0 atom stereocenters. The smallest absolute Gasteiger partial charge is 0.262 e. The van der Waals surface area contributed by atoms with Crippen LogP contribution in [0.5, 0.6) is 0 Å². The molecular weight excluding hydrogens is 299 g/mol. The van der Waals surface area contributed by atoms with Gasteiger partial charge in [-0.05, 0) is 0 Å². The monoisotopic (exact) mass is 300 g/mol. The van der Waals surface area contributed by atoms with E-state index in [4.69, 9.17) is 0 Å². The van der Waals surface area contributed by atoms with E-state index in [2.05, 4.69) is 42.5 Å². The highest BCUT2D eigenvalue weighted by Gasteiger charge is 1.83. The van der Waals surface area contributed by atoms with Gasteiger partial charge in [-0.3, -0.25) is 4.79 Å². The van der Waals surface area contributed by atoms with E-state index in [1.165, 1.54) is 0 Å². The van der Waals surface area contributed by atoms with E-state index in [1.807, 2.05) is 0 Å². The van der Waals surface area contributed by atoms with Crippen LogP contribution in [0.2, 0.25) is 0 Å². The zero-order valence-corrected chi connectivity index (χ0v) is 9.01. The van der Waals surface area contributed by atoms with Gasteiger partial charge in [0.1, 0.15) is 0 Å². The van der Waals surface area contributed by atoms with Crippen LogP contribution in [0.3, 0.4) is 0 Å². The minimum absolute atomic E-state index is 0.208. The second-order valence-corrected chi connectivity index (χ2v) is 6.46. The van der Waals surface area contributed by atoms with Crippen molar-refractivity contribution in [3.63, 3.8) is 0 Å². The molecule has 0 radical (unpaired) electrons. The van der Waals surface area contributed by atoms with Gasteiger partial charge in [-0.2, -0.15) is 0 Å². The van der Waals surface area contributed by atoms with E-state index in [0.717, 1.165) is 6.26 Å². The summed E-state index contributed by atoms with van der Waals surface area (Å²) in [4.78, 5) is 9.28. The van der Waals surface area contributed by atoms with Gasteiger partial charge in [-0.1, -0.05) is 0 Å². The van der Waals surface area contributed by atoms with Crippen LogP contribution in [0.4, 0.5) is 4.79 Å². The number of hydrogen-bond donors (Lipinski definition) is 0. The van der Waals surface area contributed by atoms with E-state index in [0.29, 0.717) is 0 Å². The third-order valence-corrected chi connectivity index (χ3v) is 0. The first-order valence-corrected chi connectivity index (χ1v) is 5.78. The zero-order chi connectivity index (χ0) is 8.08. The van der Waals surface area contributed by atoms with Gasteiger partial charge in [-0.15, -0.1) is 0 Å². The summed E-state index contributed by atoms with van der Waals surface area (Å²) in [6.45, 7) is 0. The minimum atomic E-state index is -3.19. The Hall–Kier alpha value is 0.870. The molecule has 0 rings (SSSR count). The Morgan fingerprint density at radius 2 is 1.44 bits per heavy atom. The molecule has 0 aromatic rings. The predicted molar refractivity (Wildman–Crippen MR) is 43.9 cm³/mol. The van der Waals surface area contributed by atoms with Crippen molar-refractivity contribution in [1.29, 1.82) is 0 Å². The predicted octanol–water partition coefficient (Wildman–Crippen LogP) is 2.08. The molecule has 0 aliphatic rings. The van der Waals surface area contributed by atoms with E-state index >= 15 is 0 Å². The summed E-state index contributed by atoms with van der Waals surface area (Å²) in [6.07, 6.45) is 0.925. The van der Waals surface area contributed by atoms with E-state index in [1.54, 1.807) is 0 Å². The third kappa shape index (κ3) is 553. The second-order valence-electron chi connectivity index (χ2n) is 0.907. The van der Waals surface area contributed by atoms with Crippen LogP contribution >= 0.6 is 42.5 Å². The summed E-state index contributed by atoms with van der Waals surface area (Å²) in [5.74, 6) is 0. The number of carbonyl (C=O) groups excluding carboxylic acids is 1. The molecule has 0 N–H and O–H groups in total. The average molecular weight is 302 g/mol. The van der Waals surface area contributed by atoms with E-state index in [-0.39, 0.29) is 3.60 Å². The molecule has 0 unspecified atom stereocenters. The molecule has 0 saturated heterocycles. The fraction of sp³-hybridized carbons (Fsp3) is 0.500. The van der Waals surface area contributed by atoms with Gasteiger partial charge in [0.2, 0.25) is 9.05 Å². The van der Waals surface area contributed by atoms with Crippen LogP contribution < -0.4 is 0 Å². The first-order valence-electron chi connectivity index (χ1n) is 1.48. The quantitative estimate of drug-likeness (QED) is 0.644. The second kappa shape index (κ2) is 5.64. The maximum Gasteiger partial charge on any atom is 0.262 e. The van der Waals surface area contributed by atoms with Crippen LogP contribution in [-0.2, 0) is 9.05 Å². The molecule has 0 spiro atoms. The van der Waals surface area contributed by atoms with Crippen LogP contribution in [0.1, 0.15) is 0 Å². The molecule has 0 amide bonds. The SMILES string of the molecule is CS(=O)(=O)Cl.O=C(Br)Br. The van der Waals surface area contributed by atoms with Crippen molar-refractivity contribution in [1.82, 2.24) is 0 Å². The Morgan fingerprint density at radius 1 is 1.44 bits per heavy atom. The summed E-state index contributed by atoms with van der Waals surface area (Å²) in [5.41, 5.74) is 0. The largest absolute Gasteiger partial charge is 0.273 e. The van der Waals surface area contributed by atoms with E-state index < -0.39 is 9.05 Å². The summed E-state index contributed by atoms with van der Waals surface area (Å²) < 4.78 is 18.6. The van der Waals surface area contributed by atoms with Crippen molar-refractivity contribution in [2.45, 2.75) is 0 Å². The normalized spacial score (nSPS) is 9.33. The molecular formula is C2H3Br2ClO3S. The maximum absolute atomic E-state index is 9.40. The first kappa shape index (κ1) is 12.5. The van der Waals surface area contributed by atoms with Crippen molar-refractivity contribution in [3.8, 4) is 0 Å². The molecule has 0 aromatic carbocycles. The number of rotatable bonds is 0. The number of halogens is 3. The number of carbonyl (C=O) groups is 1. The van der Waals surface area contributed by atoms with Gasteiger partial charge in [0.25, 0.3) is 3.60 Å². The molecule has 0 aliphatic carbocycles. The highest BCUT2D eigenvalue weighted by molar-refractivity contribution is 9.39. The standard InChI is InChI=1S/CBr2O.CH3ClO2S/c2-1(3)4;1-5(2,3)4/h;1H3. The minimum Gasteiger partial charge on any atom is -0.273 e. The fourth-order valence-electron chi connectivity index (χ4n) is 0. The van der Waals surface area contributed by atoms with Crippen molar-refractivity contribution in [2.24, 2.45) is 0 Å². The molecule has 7 heteroatoms. The van der Waals surface area contributed by atoms with Crippen molar-refractivity contribution >= 4 is 55.2 Å². The molecule has 0 fully saturated rings. The molecule has 0 aliphatic heterocycles. The van der Waals surface area contributed by atoms with Gasteiger partial charge in [-0.25, -0.2) is 8.42 Å². The van der Waals surface area contributed by atoms with Crippen LogP contribution in [-0.4, -0.2) is 18.3 Å². The lowest BCUT2D eigenvalue weighted by Crippen LogP contribution is -1.76. The Morgan fingerprint density at radius 3 is 1.44 bits per heavy atom. The summed E-state index contributed by atoms with van der Waals surface area (Å²) in [7, 11) is 1.31. The van der Waals surface area contributed by atoms with Crippen molar-refractivity contribution < 1.29 is 13.2 Å². The molecule has 0 heterocycles. The lowest BCUT2D eigenvalue weighted by atomic mass is 11.9. The Labute approximate surface area is 74.4 Å². The highest BCUT2D eigenvalue weighted by Crippen LogP contribution is 1.93. The lowest BCUT2D eigenvalue weighted by molar-refractivity contribution is 0.278. The van der Waals surface area contributed by atoms with Crippen LogP contribution in [0.15, 0.2) is 0 Å². The van der Waals surface area contributed by atoms with E-state index in [9.17, 15) is 13.2 Å². The van der Waals surface area contributed by atoms with Crippen LogP contribution in [0, 0.1) is 0 Å². The molecule has 0 bridgehead atoms. The van der Waals surface area contributed by atoms with Crippen LogP contribution in [0.25, 0.3) is 0 Å². The fourth-order valence-corrected chi connectivity index (χ4v) is 0. The maximum atomic E-state index is 9.40. The number of hydrogen-bond acceptors (Lipinski definition) is 3. The highest BCUT2D eigenvalue weighted by atomic mass is 79.9. The first-order chi connectivity index (χ1) is 3.73. The Balaban J connectivity index is 0.